The molecule has 4 rings (SSSR count). The SMILES string of the molecule is Cn1c(=O)c2[nH]c(-c3cc4ccccc4s3)nc2n(C)c1=O. The van der Waals surface area contributed by atoms with Crippen LogP contribution < -0.4 is 11.2 Å². The summed E-state index contributed by atoms with van der Waals surface area (Å²) in [6.07, 6.45) is 0. The lowest BCUT2D eigenvalue weighted by molar-refractivity contribution is 0.709. The fourth-order valence-electron chi connectivity index (χ4n) is 2.54. The molecule has 6 nitrogen and oxygen atoms in total. The normalized spacial score (nSPS) is 11.5. The monoisotopic (exact) mass is 312 g/mol. The van der Waals surface area contributed by atoms with Gasteiger partial charge in [0.25, 0.3) is 5.56 Å². The largest absolute Gasteiger partial charge is 0.332 e. The molecule has 110 valence electrons. The molecule has 4 aromatic rings. The zero-order valence-electron chi connectivity index (χ0n) is 12.0. The van der Waals surface area contributed by atoms with Gasteiger partial charge in [-0.25, -0.2) is 9.78 Å². The van der Waals surface area contributed by atoms with Gasteiger partial charge in [-0.05, 0) is 17.5 Å². The minimum atomic E-state index is -0.383. The lowest BCUT2D eigenvalue weighted by Crippen LogP contribution is -2.36. The Morgan fingerprint density at radius 1 is 1.14 bits per heavy atom. The maximum Gasteiger partial charge on any atom is 0.332 e. The lowest BCUT2D eigenvalue weighted by Gasteiger charge is -2.00. The molecule has 1 N–H and O–H groups in total. The van der Waals surface area contributed by atoms with Crippen molar-refractivity contribution in [3.8, 4) is 10.7 Å². The Balaban J connectivity index is 2.04. The van der Waals surface area contributed by atoms with E-state index in [0.717, 1.165) is 19.5 Å². The van der Waals surface area contributed by atoms with Crippen LogP contribution in [0.5, 0.6) is 0 Å². The van der Waals surface area contributed by atoms with Crippen LogP contribution in [0.15, 0.2) is 39.9 Å². The average molecular weight is 312 g/mol. The van der Waals surface area contributed by atoms with Gasteiger partial charge in [-0.15, -0.1) is 11.3 Å². The number of imidazole rings is 1. The number of fused-ring (bicyclic) bond motifs is 2. The van der Waals surface area contributed by atoms with Crippen LogP contribution in [0.1, 0.15) is 0 Å². The van der Waals surface area contributed by atoms with E-state index in [1.807, 2.05) is 30.3 Å². The van der Waals surface area contributed by atoms with Crippen molar-refractivity contribution in [2.75, 3.05) is 0 Å². The fourth-order valence-corrected chi connectivity index (χ4v) is 3.55. The molecule has 0 spiro atoms. The number of hydrogen-bond donors (Lipinski definition) is 1. The van der Waals surface area contributed by atoms with Crippen LogP contribution in [0.4, 0.5) is 0 Å². The van der Waals surface area contributed by atoms with E-state index < -0.39 is 0 Å². The zero-order chi connectivity index (χ0) is 15.4. The molecule has 3 aromatic heterocycles. The third kappa shape index (κ3) is 1.69. The summed E-state index contributed by atoms with van der Waals surface area (Å²) in [5, 5.41) is 1.13. The van der Waals surface area contributed by atoms with Gasteiger partial charge in [-0.1, -0.05) is 18.2 Å². The standard InChI is InChI=1S/C15H12N4O2S/c1-18-13-11(14(20)19(2)15(18)21)16-12(17-13)10-7-8-5-3-4-6-9(8)22-10/h3-7H,1-2H3,(H,16,17). The van der Waals surface area contributed by atoms with Crippen molar-refractivity contribution in [3.05, 3.63) is 51.2 Å². The molecule has 0 aliphatic heterocycles. The predicted molar refractivity (Wildman–Crippen MR) is 87.4 cm³/mol. The van der Waals surface area contributed by atoms with Crippen LogP contribution in [0.2, 0.25) is 0 Å². The number of benzene rings is 1. The molecule has 0 atom stereocenters. The summed E-state index contributed by atoms with van der Waals surface area (Å²) in [6.45, 7) is 0. The molecule has 0 aliphatic carbocycles. The minimum absolute atomic E-state index is 0.344. The Kier molecular flexibility index (Phi) is 2.61. The van der Waals surface area contributed by atoms with Crippen molar-refractivity contribution >= 4 is 32.6 Å². The Morgan fingerprint density at radius 2 is 1.91 bits per heavy atom. The summed E-state index contributed by atoms with van der Waals surface area (Å²) in [4.78, 5) is 32.6. The fraction of sp³-hybridized carbons (Fsp3) is 0.133. The van der Waals surface area contributed by atoms with E-state index in [-0.39, 0.29) is 11.2 Å². The Bertz CT molecular complexity index is 1110. The highest BCUT2D eigenvalue weighted by molar-refractivity contribution is 7.22. The average Bonchev–Trinajstić information content (AvgIpc) is 3.14. The summed E-state index contributed by atoms with van der Waals surface area (Å²) in [7, 11) is 3.07. The molecule has 0 bridgehead atoms. The van der Waals surface area contributed by atoms with E-state index in [1.54, 1.807) is 18.4 Å². The predicted octanol–water partition coefficient (Wildman–Crippen LogP) is 1.84. The van der Waals surface area contributed by atoms with E-state index >= 15 is 0 Å². The molecule has 0 saturated heterocycles. The quantitative estimate of drug-likeness (QED) is 0.583. The molecule has 22 heavy (non-hydrogen) atoms. The van der Waals surface area contributed by atoms with Gasteiger partial charge < -0.3 is 4.98 Å². The molecule has 0 radical (unpaired) electrons. The number of hydrogen-bond acceptors (Lipinski definition) is 4. The van der Waals surface area contributed by atoms with E-state index in [1.165, 1.54) is 11.6 Å². The third-order valence-corrected chi connectivity index (χ3v) is 4.88. The highest BCUT2D eigenvalue weighted by Gasteiger charge is 2.15. The van der Waals surface area contributed by atoms with Gasteiger partial charge in [0.1, 0.15) is 5.52 Å². The van der Waals surface area contributed by atoms with E-state index in [0.29, 0.717) is 17.0 Å². The van der Waals surface area contributed by atoms with Crippen LogP contribution in [0, 0.1) is 0 Å². The highest BCUT2D eigenvalue weighted by atomic mass is 32.1. The number of aryl methyl sites for hydroxylation is 1. The van der Waals surface area contributed by atoms with E-state index in [4.69, 9.17) is 0 Å². The number of thiophene rings is 1. The van der Waals surface area contributed by atoms with Gasteiger partial charge in [0.05, 0.1) is 4.88 Å². The van der Waals surface area contributed by atoms with Crippen molar-refractivity contribution < 1.29 is 0 Å². The van der Waals surface area contributed by atoms with Crippen molar-refractivity contribution in [1.29, 1.82) is 0 Å². The summed E-state index contributed by atoms with van der Waals surface area (Å²) in [5.41, 5.74) is -0.0255. The van der Waals surface area contributed by atoms with Crippen molar-refractivity contribution in [1.82, 2.24) is 19.1 Å². The Labute approximate surface area is 128 Å². The third-order valence-electron chi connectivity index (χ3n) is 3.75. The van der Waals surface area contributed by atoms with Gasteiger partial charge in [-0.3, -0.25) is 13.9 Å². The first kappa shape index (κ1) is 13.0. The second-order valence-electron chi connectivity index (χ2n) is 5.14. The smallest absolute Gasteiger partial charge is 0.331 e. The van der Waals surface area contributed by atoms with E-state index in [9.17, 15) is 9.59 Å². The number of H-pyrrole nitrogens is 1. The molecule has 7 heteroatoms. The molecular formula is C15H12N4O2S. The first-order chi connectivity index (χ1) is 10.6. The van der Waals surface area contributed by atoms with Crippen molar-refractivity contribution in [2.45, 2.75) is 0 Å². The van der Waals surface area contributed by atoms with Crippen LogP contribution in [-0.2, 0) is 14.1 Å². The van der Waals surface area contributed by atoms with Crippen LogP contribution in [0.3, 0.4) is 0 Å². The van der Waals surface area contributed by atoms with Gasteiger partial charge >= 0.3 is 5.69 Å². The van der Waals surface area contributed by atoms with Gasteiger partial charge in [-0.2, -0.15) is 0 Å². The van der Waals surface area contributed by atoms with Gasteiger partial charge in [0.15, 0.2) is 11.5 Å². The first-order valence-corrected chi connectivity index (χ1v) is 7.52. The number of aromatic amines is 1. The molecule has 3 heterocycles. The molecule has 0 unspecified atom stereocenters. The maximum atomic E-state index is 12.2. The summed E-state index contributed by atoms with van der Waals surface area (Å²) >= 11 is 1.60. The van der Waals surface area contributed by atoms with Crippen LogP contribution in [-0.4, -0.2) is 19.1 Å². The van der Waals surface area contributed by atoms with Crippen molar-refractivity contribution in [2.24, 2.45) is 14.1 Å². The van der Waals surface area contributed by atoms with Crippen LogP contribution in [0.25, 0.3) is 32.0 Å². The topological polar surface area (TPSA) is 72.7 Å². The van der Waals surface area contributed by atoms with E-state index in [2.05, 4.69) is 9.97 Å². The van der Waals surface area contributed by atoms with Gasteiger partial charge in [0.2, 0.25) is 0 Å². The second kappa shape index (κ2) is 4.41. The zero-order valence-corrected chi connectivity index (χ0v) is 12.8. The van der Waals surface area contributed by atoms with Gasteiger partial charge in [0, 0.05) is 18.8 Å². The molecule has 0 aliphatic rings. The first-order valence-electron chi connectivity index (χ1n) is 6.71. The Morgan fingerprint density at radius 3 is 2.68 bits per heavy atom. The Hall–Kier alpha value is -2.67. The number of rotatable bonds is 1. The minimum Gasteiger partial charge on any atom is -0.331 e. The molecular weight excluding hydrogens is 300 g/mol. The highest BCUT2D eigenvalue weighted by Crippen LogP contribution is 2.32. The second-order valence-corrected chi connectivity index (χ2v) is 6.22. The number of nitrogens with one attached hydrogen (secondary N) is 1. The molecule has 0 amide bonds. The number of nitrogens with zero attached hydrogens (tertiary/aromatic N) is 3. The van der Waals surface area contributed by atoms with Crippen molar-refractivity contribution in [3.63, 3.8) is 0 Å². The summed E-state index contributed by atoms with van der Waals surface area (Å²) < 4.78 is 3.61. The molecule has 0 fully saturated rings. The lowest BCUT2D eigenvalue weighted by atomic mass is 10.2. The molecule has 1 aromatic carbocycles. The summed E-state index contributed by atoms with van der Waals surface area (Å²) in [5.74, 6) is 0.606. The van der Waals surface area contributed by atoms with Crippen LogP contribution >= 0.6 is 11.3 Å². The summed E-state index contributed by atoms with van der Waals surface area (Å²) in [6, 6.07) is 10.1. The maximum absolute atomic E-state index is 12.2. The number of aromatic nitrogens is 4. The molecule has 0 saturated carbocycles.